The molecule has 36 heavy (non-hydrogen) atoms. The summed E-state index contributed by atoms with van der Waals surface area (Å²) < 4.78 is 0. The van der Waals surface area contributed by atoms with E-state index in [4.69, 9.17) is 22.2 Å². The minimum Gasteiger partial charge on any atom is -0.368 e. The molecule has 0 spiro atoms. The Morgan fingerprint density at radius 2 is 1.33 bits per heavy atom. The van der Waals surface area contributed by atoms with E-state index in [0.717, 1.165) is 50.9 Å². The third-order valence-corrected chi connectivity index (χ3v) is 7.72. The maximum atomic E-state index is 5.64. The highest BCUT2D eigenvalue weighted by atomic mass is 32.1. The van der Waals surface area contributed by atoms with Gasteiger partial charge in [-0.2, -0.15) is 9.97 Å². The first-order valence-electron chi connectivity index (χ1n) is 13.0. The van der Waals surface area contributed by atoms with Crippen molar-refractivity contribution < 1.29 is 0 Å². The van der Waals surface area contributed by atoms with Gasteiger partial charge in [-0.15, -0.1) is 0 Å². The molecule has 6 rings (SSSR count). The summed E-state index contributed by atoms with van der Waals surface area (Å²) in [5.74, 6) is 2.46. The van der Waals surface area contributed by atoms with Crippen LogP contribution in [0, 0.1) is 0 Å². The molecular formula is C28H33N7S. The molecule has 0 bridgehead atoms. The van der Waals surface area contributed by atoms with Crippen molar-refractivity contribution in [2.24, 2.45) is 0 Å². The van der Waals surface area contributed by atoms with Crippen LogP contribution in [0.1, 0.15) is 36.8 Å². The third-order valence-electron chi connectivity index (χ3n) is 7.50. The molecule has 3 aliphatic rings. The zero-order valence-electron chi connectivity index (χ0n) is 20.6. The summed E-state index contributed by atoms with van der Waals surface area (Å²) in [5, 5.41) is 7.38. The fourth-order valence-corrected chi connectivity index (χ4v) is 5.78. The zero-order chi connectivity index (χ0) is 24.3. The SMILES string of the molecule is S=C(Nc1nc(N2CCN(c3ccccc3)CC2)cc(N2Cc3ccccc3C2)n1)NC1CCCC1. The molecule has 8 heteroatoms. The molecule has 1 saturated heterocycles. The van der Waals surface area contributed by atoms with E-state index in [2.05, 4.69) is 86.0 Å². The van der Waals surface area contributed by atoms with Gasteiger partial charge >= 0.3 is 0 Å². The topological polar surface area (TPSA) is 59.6 Å². The Morgan fingerprint density at radius 1 is 0.750 bits per heavy atom. The van der Waals surface area contributed by atoms with Crippen molar-refractivity contribution in [2.45, 2.75) is 44.8 Å². The summed E-state index contributed by atoms with van der Waals surface area (Å²) >= 11 is 5.64. The molecule has 2 N–H and O–H groups in total. The van der Waals surface area contributed by atoms with Crippen LogP contribution in [0.2, 0.25) is 0 Å². The highest BCUT2D eigenvalue weighted by Crippen LogP contribution is 2.30. The summed E-state index contributed by atoms with van der Waals surface area (Å²) in [5.41, 5.74) is 4.00. The molecule has 0 amide bonds. The van der Waals surface area contributed by atoms with E-state index in [-0.39, 0.29) is 0 Å². The number of para-hydroxylation sites is 1. The zero-order valence-corrected chi connectivity index (χ0v) is 21.4. The van der Waals surface area contributed by atoms with Gasteiger partial charge in [0.05, 0.1) is 0 Å². The van der Waals surface area contributed by atoms with Gasteiger partial charge in [0, 0.05) is 57.1 Å². The lowest BCUT2D eigenvalue weighted by molar-refractivity contribution is 0.634. The van der Waals surface area contributed by atoms with E-state index >= 15 is 0 Å². The Balaban J connectivity index is 1.21. The van der Waals surface area contributed by atoms with Crippen molar-refractivity contribution in [3.05, 3.63) is 71.8 Å². The highest BCUT2D eigenvalue weighted by molar-refractivity contribution is 7.80. The van der Waals surface area contributed by atoms with Crippen LogP contribution in [0.4, 0.5) is 23.3 Å². The summed E-state index contributed by atoms with van der Waals surface area (Å²) in [7, 11) is 0. The van der Waals surface area contributed by atoms with Gasteiger partial charge in [0.25, 0.3) is 0 Å². The summed E-state index contributed by atoms with van der Waals surface area (Å²) in [6, 6.07) is 21.9. The number of aromatic nitrogens is 2. The van der Waals surface area contributed by atoms with Crippen molar-refractivity contribution in [3.8, 4) is 0 Å². The molecule has 0 atom stereocenters. The van der Waals surface area contributed by atoms with Gasteiger partial charge in [-0.05, 0) is 48.3 Å². The number of hydrogen-bond donors (Lipinski definition) is 2. The number of benzene rings is 2. The largest absolute Gasteiger partial charge is 0.368 e. The number of thiocarbonyl (C=S) groups is 1. The maximum Gasteiger partial charge on any atom is 0.232 e. The van der Waals surface area contributed by atoms with Gasteiger partial charge in [0.15, 0.2) is 5.11 Å². The van der Waals surface area contributed by atoms with Crippen molar-refractivity contribution >= 4 is 40.6 Å². The van der Waals surface area contributed by atoms with Crippen LogP contribution < -0.4 is 25.3 Å². The van der Waals surface area contributed by atoms with Gasteiger partial charge in [-0.1, -0.05) is 55.3 Å². The van der Waals surface area contributed by atoms with E-state index in [9.17, 15) is 0 Å². The standard InChI is InChI=1S/C28H33N7S/c36-28(29-23-10-6-7-11-23)32-27-30-25(34-16-14-33(15-17-34)24-12-2-1-3-13-24)18-26(31-27)35-19-21-8-4-5-9-22(21)20-35/h1-5,8-9,12-13,18,23H,6-7,10-11,14-17,19-20H2,(H2,29,30,31,32,36). The first-order chi connectivity index (χ1) is 17.7. The van der Waals surface area contributed by atoms with Crippen LogP contribution in [-0.2, 0) is 13.1 Å². The Labute approximate surface area is 218 Å². The van der Waals surface area contributed by atoms with Crippen molar-refractivity contribution in [1.82, 2.24) is 15.3 Å². The fraction of sp³-hybridized carbons (Fsp3) is 0.393. The molecule has 0 radical (unpaired) electrons. The van der Waals surface area contributed by atoms with Gasteiger partial charge in [-0.3, -0.25) is 0 Å². The average Bonchev–Trinajstić information content (AvgIpc) is 3.59. The van der Waals surface area contributed by atoms with Gasteiger partial charge in [0.1, 0.15) is 11.6 Å². The van der Waals surface area contributed by atoms with E-state index in [1.807, 2.05) is 0 Å². The predicted octanol–water partition coefficient (Wildman–Crippen LogP) is 4.55. The Kier molecular flexibility index (Phi) is 6.59. The average molecular weight is 500 g/mol. The van der Waals surface area contributed by atoms with Gasteiger partial charge in [0.2, 0.25) is 5.95 Å². The summed E-state index contributed by atoms with van der Waals surface area (Å²) in [6.07, 6.45) is 4.87. The first kappa shape index (κ1) is 23.0. The summed E-state index contributed by atoms with van der Waals surface area (Å²) in [6.45, 7) is 5.47. The number of nitrogens with zero attached hydrogens (tertiary/aromatic N) is 5. The summed E-state index contributed by atoms with van der Waals surface area (Å²) in [4.78, 5) is 17.0. The first-order valence-corrected chi connectivity index (χ1v) is 13.5. The van der Waals surface area contributed by atoms with E-state index in [1.165, 1.54) is 42.5 Å². The molecule has 2 fully saturated rings. The van der Waals surface area contributed by atoms with Crippen LogP contribution in [0.25, 0.3) is 0 Å². The number of fused-ring (bicyclic) bond motifs is 1. The molecule has 2 aromatic carbocycles. The molecule has 3 aromatic rings. The number of rotatable bonds is 5. The molecule has 0 unspecified atom stereocenters. The number of piperazine rings is 1. The third kappa shape index (κ3) is 5.09. The van der Waals surface area contributed by atoms with Crippen molar-refractivity contribution in [3.63, 3.8) is 0 Å². The highest BCUT2D eigenvalue weighted by Gasteiger charge is 2.24. The lowest BCUT2D eigenvalue weighted by Gasteiger charge is -2.37. The van der Waals surface area contributed by atoms with E-state index in [0.29, 0.717) is 17.1 Å². The number of anilines is 4. The van der Waals surface area contributed by atoms with E-state index in [1.54, 1.807) is 0 Å². The molecule has 2 aliphatic heterocycles. The second-order valence-corrected chi connectivity index (χ2v) is 10.3. The molecule has 1 aromatic heterocycles. The Bertz CT molecular complexity index is 1180. The van der Waals surface area contributed by atoms with Crippen molar-refractivity contribution in [1.29, 1.82) is 0 Å². The smallest absolute Gasteiger partial charge is 0.232 e. The molecule has 7 nitrogen and oxygen atoms in total. The molecule has 186 valence electrons. The fourth-order valence-electron chi connectivity index (χ4n) is 5.52. The maximum absolute atomic E-state index is 5.64. The van der Waals surface area contributed by atoms with Crippen LogP contribution in [0.5, 0.6) is 0 Å². The molecule has 1 aliphatic carbocycles. The number of nitrogens with one attached hydrogen (secondary N) is 2. The second-order valence-electron chi connectivity index (χ2n) is 9.92. The van der Waals surface area contributed by atoms with Crippen LogP contribution >= 0.6 is 12.2 Å². The van der Waals surface area contributed by atoms with Crippen LogP contribution in [0.15, 0.2) is 60.7 Å². The lowest BCUT2D eigenvalue weighted by atomic mass is 10.1. The normalized spacial score (nSPS) is 17.8. The predicted molar refractivity (Wildman–Crippen MR) is 151 cm³/mol. The van der Waals surface area contributed by atoms with Crippen LogP contribution in [-0.4, -0.2) is 47.3 Å². The van der Waals surface area contributed by atoms with Crippen LogP contribution in [0.3, 0.4) is 0 Å². The Hall–Kier alpha value is -3.39. The number of hydrogen-bond acceptors (Lipinski definition) is 6. The van der Waals surface area contributed by atoms with Crippen molar-refractivity contribution in [2.75, 3.05) is 46.2 Å². The molecule has 3 heterocycles. The lowest BCUT2D eigenvalue weighted by Crippen LogP contribution is -2.47. The minimum atomic E-state index is 0.451. The van der Waals surface area contributed by atoms with Gasteiger partial charge < -0.3 is 25.3 Å². The minimum absolute atomic E-state index is 0.451. The van der Waals surface area contributed by atoms with Gasteiger partial charge in [-0.25, -0.2) is 0 Å². The monoisotopic (exact) mass is 499 g/mol. The second kappa shape index (κ2) is 10.3. The Morgan fingerprint density at radius 3 is 2.00 bits per heavy atom. The molecule has 1 saturated carbocycles. The van der Waals surface area contributed by atoms with E-state index < -0.39 is 0 Å². The molecular weight excluding hydrogens is 466 g/mol. The quantitative estimate of drug-likeness (QED) is 0.496.